The summed E-state index contributed by atoms with van der Waals surface area (Å²) in [6.07, 6.45) is 3.95. The van der Waals surface area contributed by atoms with E-state index in [0.29, 0.717) is 12.5 Å². The topological polar surface area (TPSA) is 41.4 Å². The maximum Gasteiger partial charge on any atom is 0.225 e. The molecule has 3 aromatic rings. The molecule has 6 heteroatoms. The van der Waals surface area contributed by atoms with E-state index in [1.54, 1.807) is 12.1 Å². The van der Waals surface area contributed by atoms with E-state index in [-0.39, 0.29) is 11.7 Å². The predicted molar refractivity (Wildman–Crippen MR) is 126 cm³/mol. The lowest BCUT2D eigenvalue weighted by Gasteiger charge is -2.34. The van der Waals surface area contributed by atoms with Gasteiger partial charge >= 0.3 is 0 Å². The maximum atomic E-state index is 13.5. The summed E-state index contributed by atoms with van der Waals surface area (Å²) < 4.78 is 15.6. The molecule has 2 heterocycles. The van der Waals surface area contributed by atoms with Crippen molar-refractivity contribution < 1.29 is 9.18 Å². The molecule has 170 valence electrons. The third-order valence-corrected chi connectivity index (χ3v) is 6.49. The Labute approximate surface area is 189 Å². The number of aromatic nitrogens is 2. The van der Waals surface area contributed by atoms with E-state index in [1.807, 2.05) is 23.1 Å². The number of benzene rings is 2. The Balaban J connectivity index is 1.48. The van der Waals surface area contributed by atoms with Crippen molar-refractivity contribution in [2.24, 2.45) is 5.92 Å². The van der Waals surface area contributed by atoms with Gasteiger partial charge in [0.05, 0.1) is 17.6 Å². The summed E-state index contributed by atoms with van der Waals surface area (Å²) in [4.78, 5) is 22.2. The Kier molecular flexibility index (Phi) is 7.20. The Hall–Kier alpha value is -2.73. The van der Waals surface area contributed by atoms with E-state index in [2.05, 4.69) is 29.4 Å². The number of hydrogen-bond acceptors (Lipinski definition) is 3. The van der Waals surface area contributed by atoms with Crippen molar-refractivity contribution in [3.63, 3.8) is 0 Å². The highest BCUT2D eigenvalue weighted by Crippen LogP contribution is 2.25. The van der Waals surface area contributed by atoms with Crippen molar-refractivity contribution in [2.75, 3.05) is 26.2 Å². The second-order valence-corrected chi connectivity index (χ2v) is 8.65. The molecule has 2 aromatic carbocycles. The smallest absolute Gasteiger partial charge is 0.225 e. The molecule has 1 aromatic heterocycles. The highest BCUT2D eigenvalue weighted by molar-refractivity contribution is 5.79. The molecule has 1 aliphatic heterocycles. The molecule has 32 heavy (non-hydrogen) atoms. The van der Waals surface area contributed by atoms with Gasteiger partial charge in [0, 0.05) is 24.7 Å². The van der Waals surface area contributed by atoms with Crippen molar-refractivity contribution in [1.82, 2.24) is 19.4 Å². The molecule has 0 atom stereocenters. The number of carbonyl (C=O) groups is 1. The minimum absolute atomic E-state index is 0.124. The van der Waals surface area contributed by atoms with Gasteiger partial charge < -0.3 is 4.90 Å². The van der Waals surface area contributed by atoms with Crippen LogP contribution < -0.4 is 0 Å². The molecule has 4 rings (SSSR count). The lowest BCUT2D eigenvalue weighted by molar-refractivity contribution is -0.137. The van der Waals surface area contributed by atoms with Crippen LogP contribution in [-0.4, -0.2) is 51.4 Å². The highest BCUT2D eigenvalue weighted by atomic mass is 19.1. The molecule has 1 fully saturated rings. The molecule has 0 saturated carbocycles. The van der Waals surface area contributed by atoms with Gasteiger partial charge in [0.15, 0.2) is 0 Å². The number of rotatable bonds is 8. The summed E-state index contributed by atoms with van der Waals surface area (Å²) >= 11 is 0. The van der Waals surface area contributed by atoms with Gasteiger partial charge in [0.25, 0.3) is 0 Å². The molecule has 0 radical (unpaired) electrons. The number of amides is 1. The molecule has 0 bridgehead atoms. The first-order valence-corrected chi connectivity index (χ1v) is 11.8. The molecular weight excluding hydrogens is 403 g/mol. The van der Waals surface area contributed by atoms with Crippen LogP contribution in [0, 0.1) is 11.7 Å². The van der Waals surface area contributed by atoms with Gasteiger partial charge in [-0.25, -0.2) is 9.37 Å². The molecule has 1 saturated heterocycles. The molecule has 0 N–H and O–H groups in total. The second-order valence-electron chi connectivity index (χ2n) is 8.65. The van der Waals surface area contributed by atoms with Crippen molar-refractivity contribution in [1.29, 1.82) is 0 Å². The number of unbranched alkanes of at least 4 members (excludes halogenated alkanes) is 1. The van der Waals surface area contributed by atoms with Crippen LogP contribution in [0.3, 0.4) is 0 Å². The van der Waals surface area contributed by atoms with Crippen molar-refractivity contribution >= 4 is 16.9 Å². The summed E-state index contributed by atoms with van der Waals surface area (Å²) in [6.45, 7) is 8.37. The predicted octanol–water partition coefficient (Wildman–Crippen LogP) is 5.03. The van der Waals surface area contributed by atoms with Crippen molar-refractivity contribution in [3.05, 3.63) is 60.2 Å². The quantitative estimate of drug-likeness (QED) is 0.498. The third-order valence-electron chi connectivity index (χ3n) is 6.49. The van der Waals surface area contributed by atoms with Crippen molar-refractivity contribution in [3.8, 4) is 5.69 Å². The zero-order chi connectivity index (χ0) is 22.5. The first-order valence-electron chi connectivity index (χ1n) is 11.8. The number of halogens is 1. The maximum absolute atomic E-state index is 13.5. The van der Waals surface area contributed by atoms with Gasteiger partial charge in [-0.3, -0.25) is 14.3 Å². The largest absolute Gasteiger partial charge is 0.343 e. The monoisotopic (exact) mass is 436 g/mol. The number of fused-ring (bicyclic) bond motifs is 1. The van der Waals surface area contributed by atoms with Crippen molar-refractivity contribution in [2.45, 2.75) is 46.1 Å². The fraction of sp³-hybridized carbons (Fsp3) is 0.462. The van der Waals surface area contributed by atoms with Crippen LogP contribution in [-0.2, 0) is 11.3 Å². The van der Waals surface area contributed by atoms with E-state index in [9.17, 15) is 9.18 Å². The van der Waals surface area contributed by atoms with E-state index in [1.165, 1.54) is 12.1 Å². The van der Waals surface area contributed by atoms with Gasteiger partial charge in [0.2, 0.25) is 5.91 Å². The highest BCUT2D eigenvalue weighted by Gasteiger charge is 2.28. The minimum Gasteiger partial charge on any atom is -0.343 e. The van der Waals surface area contributed by atoms with Gasteiger partial charge in [-0.2, -0.15) is 0 Å². The number of piperidine rings is 1. The normalized spacial score (nSPS) is 15.3. The number of likely N-dealkylation sites (tertiary alicyclic amines) is 1. The second kappa shape index (κ2) is 10.3. The average Bonchev–Trinajstić information content (AvgIpc) is 3.18. The molecule has 0 aliphatic carbocycles. The van der Waals surface area contributed by atoms with Gasteiger partial charge in [-0.15, -0.1) is 0 Å². The Bertz CT molecular complexity index is 1040. The van der Waals surface area contributed by atoms with Crippen LogP contribution in [0.4, 0.5) is 4.39 Å². The van der Waals surface area contributed by atoms with Crippen LogP contribution >= 0.6 is 0 Å². The number of imidazole rings is 1. The zero-order valence-electron chi connectivity index (χ0n) is 19.1. The first-order chi connectivity index (χ1) is 15.6. The van der Waals surface area contributed by atoms with Crippen LogP contribution in [0.5, 0.6) is 0 Å². The van der Waals surface area contributed by atoms with E-state index in [0.717, 1.165) is 74.4 Å². The molecule has 1 amide bonds. The van der Waals surface area contributed by atoms with Crippen LogP contribution in [0.1, 0.15) is 45.4 Å². The van der Waals surface area contributed by atoms with Gasteiger partial charge in [-0.05, 0) is 75.7 Å². The third kappa shape index (κ3) is 4.85. The number of carbonyl (C=O) groups excluding carboxylic acids is 1. The fourth-order valence-corrected chi connectivity index (χ4v) is 4.63. The Morgan fingerprint density at radius 1 is 1.09 bits per heavy atom. The Morgan fingerprint density at radius 2 is 1.81 bits per heavy atom. The van der Waals surface area contributed by atoms with Crippen LogP contribution in [0.2, 0.25) is 0 Å². The molecule has 0 spiro atoms. The summed E-state index contributed by atoms with van der Waals surface area (Å²) in [5.41, 5.74) is 2.87. The summed E-state index contributed by atoms with van der Waals surface area (Å²) in [5, 5.41) is 0. The zero-order valence-corrected chi connectivity index (χ0v) is 19.1. The van der Waals surface area contributed by atoms with Gasteiger partial charge in [-0.1, -0.05) is 25.5 Å². The summed E-state index contributed by atoms with van der Waals surface area (Å²) in [5.74, 6) is 1.14. The van der Waals surface area contributed by atoms with Crippen LogP contribution in [0.25, 0.3) is 16.7 Å². The number of nitrogens with zero attached hydrogens (tertiary/aromatic N) is 4. The SMILES string of the molecule is CCCCN(CC)C(=O)C1CCN(Cc2nc3ccccc3n2-c2ccc(F)cc2)CC1. The van der Waals surface area contributed by atoms with E-state index >= 15 is 0 Å². The molecular formula is C26H33FN4O. The Morgan fingerprint density at radius 3 is 2.50 bits per heavy atom. The minimum atomic E-state index is -0.244. The van der Waals surface area contributed by atoms with Gasteiger partial charge in [0.1, 0.15) is 11.6 Å². The number of hydrogen-bond donors (Lipinski definition) is 0. The molecule has 1 aliphatic rings. The lowest BCUT2D eigenvalue weighted by Crippen LogP contribution is -2.42. The fourth-order valence-electron chi connectivity index (χ4n) is 4.63. The van der Waals surface area contributed by atoms with E-state index < -0.39 is 0 Å². The van der Waals surface area contributed by atoms with Crippen LogP contribution in [0.15, 0.2) is 48.5 Å². The summed E-state index contributed by atoms with van der Waals surface area (Å²) in [7, 11) is 0. The van der Waals surface area contributed by atoms with E-state index in [4.69, 9.17) is 4.98 Å². The number of para-hydroxylation sites is 2. The summed E-state index contributed by atoms with van der Waals surface area (Å²) in [6, 6.07) is 14.6. The molecule has 0 unspecified atom stereocenters. The lowest BCUT2D eigenvalue weighted by atomic mass is 9.95. The first kappa shape index (κ1) is 22.5. The molecule has 5 nitrogen and oxygen atoms in total. The average molecular weight is 437 g/mol. The standard InChI is InChI=1S/C26H33FN4O/c1-3-5-16-30(4-2)26(32)20-14-17-29(18-15-20)19-25-28-23-8-6-7-9-24(23)31(25)22-12-10-21(27)11-13-22/h6-13,20H,3-5,14-19H2,1-2H3.